The van der Waals surface area contributed by atoms with Gasteiger partial charge in [0.25, 0.3) is 5.91 Å². The summed E-state index contributed by atoms with van der Waals surface area (Å²) in [5, 5.41) is 3.13. The van der Waals surface area contributed by atoms with Crippen LogP contribution in [-0.2, 0) is 19.6 Å². The molecule has 1 saturated heterocycles. The highest BCUT2D eigenvalue weighted by molar-refractivity contribution is 7.89. The number of rotatable bonds is 6. The number of amides is 1. The number of nitrogens with zero attached hydrogens (tertiary/aromatic N) is 2. The summed E-state index contributed by atoms with van der Waals surface area (Å²) in [7, 11) is -3.59. The number of morpholine rings is 1. The Labute approximate surface area is 178 Å². The van der Waals surface area contributed by atoms with Crippen molar-refractivity contribution in [3.05, 3.63) is 48.5 Å². The first-order valence-electron chi connectivity index (χ1n) is 9.44. The van der Waals surface area contributed by atoms with Crippen molar-refractivity contribution < 1.29 is 22.7 Å². The third-order valence-electron chi connectivity index (χ3n) is 4.62. The molecule has 2 heterocycles. The Balaban J connectivity index is 1.49. The third-order valence-corrected chi connectivity index (χ3v) is 7.45. The molecule has 1 N–H and O–H groups in total. The van der Waals surface area contributed by atoms with E-state index in [9.17, 15) is 13.2 Å². The fraction of sp³-hybridized carbons (Fsp3) is 0.300. The largest absolute Gasteiger partial charge is 0.481 e. The van der Waals surface area contributed by atoms with Crippen LogP contribution in [0.4, 0.5) is 5.13 Å². The zero-order chi connectivity index (χ0) is 21.1. The van der Waals surface area contributed by atoms with Crippen molar-refractivity contribution in [2.24, 2.45) is 0 Å². The Bertz CT molecular complexity index is 1140. The summed E-state index contributed by atoms with van der Waals surface area (Å²) < 4.78 is 38.6. The zero-order valence-electron chi connectivity index (χ0n) is 16.3. The van der Waals surface area contributed by atoms with Crippen LogP contribution in [0.15, 0.2) is 53.4 Å². The van der Waals surface area contributed by atoms with Gasteiger partial charge in [-0.2, -0.15) is 4.31 Å². The topological polar surface area (TPSA) is 97.8 Å². The lowest BCUT2D eigenvalue weighted by atomic mass is 10.3. The molecular weight excluding hydrogens is 426 g/mol. The predicted octanol–water partition coefficient (Wildman–Crippen LogP) is 2.72. The fourth-order valence-corrected chi connectivity index (χ4v) is 5.44. The molecule has 0 spiro atoms. The van der Waals surface area contributed by atoms with Gasteiger partial charge >= 0.3 is 0 Å². The van der Waals surface area contributed by atoms with E-state index in [1.165, 1.54) is 15.6 Å². The molecule has 0 bridgehead atoms. The molecule has 4 rings (SSSR count). The second-order valence-electron chi connectivity index (χ2n) is 6.73. The summed E-state index contributed by atoms with van der Waals surface area (Å²) in [4.78, 5) is 17.0. The first kappa shape index (κ1) is 20.7. The molecule has 0 saturated carbocycles. The number of anilines is 1. The molecule has 8 nitrogen and oxygen atoms in total. The number of hydrogen-bond donors (Lipinski definition) is 1. The molecule has 1 aliphatic rings. The number of fused-ring (bicyclic) bond motifs is 1. The highest BCUT2D eigenvalue weighted by Crippen LogP contribution is 2.29. The van der Waals surface area contributed by atoms with Crippen LogP contribution in [0.3, 0.4) is 0 Å². The van der Waals surface area contributed by atoms with Crippen LogP contribution in [0.1, 0.15) is 6.92 Å². The summed E-state index contributed by atoms with van der Waals surface area (Å²) in [6.07, 6.45) is -0.711. The monoisotopic (exact) mass is 447 g/mol. The van der Waals surface area contributed by atoms with Crippen molar-refractivity contribution in [2.75, 3.05) is 31.6 Å². The minimum atomic E-state index is -3.59. The van der Waals surface area contributed by atoms with Crippen molar-refractivity contribution in [1.82, 2.24) is 9.29 Å². The lowest BCUT2D eigenvalue weighted by Crippen LogP contribution is -2.40. The number of ether oxygens (including phenoxy) is 2. The van der Waals surface area contributed by atoms with E-state index in [4.69, 9.17) is 9.47 Å². The molecule has 0 radical (unpaired) electrons. The van der Waals surface area contributed by atoms with Crippen LogP contribution in [-0.4, -0.2) is 56.0 Å². The number of carbonyl (C=O) groups excluding carboxylic acids is 1. The molecule has 3 aromatic rings. The molecule has 1 fully saturated rings. The van der Waals surface area contributed by atoms with E-state index in [1.807, 2.05) is 18.2 Å². The Kier molecular flexibility index (Phi) is 6.00. The van der Waals surface area contributed by atoms with Crippen LogP contribution in [0.5, 0.6) is 5.75 Å². The average Bonchev–Trinajstić information content (AvgIpc) is 3.16. The zero-order valence-corrected chi connectivity index (χ0v) is 17.9. The first-order chi connectivity index (χ1) is 14.4. The standard InChI is InChI=1S/C20H21N3O5S2/c1-14(28-15-5-3-2-4-6-15)19(24)22-20-21-17-8-7-16(13-18(17)29-20)30(25,26)23-9-11-27-12-10-23/h2-8,13-14H,9-12H2,1H3,(H,21,22,24). The number of hydrogen-bond acceptors (Lipinski definition) is 7. The van der Waals surface area contributed by atoms with Crippen LogP contribution in [0, 0.1) is 0 Å². The summed E-state index contributed by atoms with van der Waals surface area (Å²) >= 11 is 1.22. The quantitative estimate of drug-likeness (QED) is 0.624. The van der Waals surface area contributed by atoms with Crippen molar-refractivity contribution in [3.8, 4) is 5.75 Å². The van der Waals surface area contributed by atoms with E-state index < -0.39 is 16.1 Å². The van der Waals surface area contributed by atoms with Gasteiger partial charge in [0.1, 0.15) is 5.75 Å². The second-order valence-corrected chi connectivity index (χ2v) is 9.70. The van der Waals surface area contributed by atoms with Crippen LogP contribution in [0.25, 0.3) is 10.2 Å². The molecule has 1 unspecified atom stereocenters. The summed E-state index contributed by atoms with van der Waals surface area (Å²) in [6, 6.07) is 13.9. The average molecular weight is 448 g/mol. The van der Waals surface area contributed by atoms with E-state index in [0.29, 0.717) is 47.4 Å². The van der Waals surface area contributed by atoms with E-state index in [-0.39, 0.29) is 10.8 Å². The molecule has 30 heavy (non-hydrogen) atoms. The van der Waals surface area contributed by atoms with Gasteiger partial charge in [0.15, 0.2) is 11.2 Å². The first-order valence-corrected chi connectivity index (χ1v) is 11.7. The number of aromatic nitrogens is 1. The molecule has 10 heteroatoms. The lowest BCUT2D eigenvalue weighted by molar-refractivity contribution is -0.122. The Morgan fingerprint density at radius 3 is 2.67 bits per heavy atom. The maximum atomic E-state index is 12.8. The van der Waals surface area contributed by atoms with Gasteiger partial charge in [-0.15, -0.1) is 0 Å². The number of thiazole rings is 1. The Morgan fingerprint density at radius 2 is 1.93 bits per heavy atom. The van der Waals surface area contributed by atoms with E-state index in [1.54, 1.807) is 37.3 Å². The minimum Gasteiger partial charge on any atom is -0.481 e. The Hall–Kier alpha value is -2.53. The number of benzene rings is 2. The number of carbonyl (C=O) groups is 1. The van der Waals surface area contributed by atoms with Gasteiger partial charge in [0.2, 0.25) is 10.0 Å². The summed E-state index contributed by atoms with van der Waals surface area (Å²) in [5.74, 6) is 0.265. The predicted molar refractivity (Wildman–Crippen MR) is 114 cm³/mol. The van der Waals surface area contributed by atoms with Gasteiger partial charge in [-0.1, -0.05) is 29.5 Å². The maximum Gasteiger partial charge on any atom is 0.266 e. The number of para-hydroxylation sites is 1. The fourth-order valence-electron chi connectivity index (χ4n) is 3.02. The third kappa shape index (κ3) is 4.46. The van der Waals surface area contributed by atoms with Crippen molar-refractivity contribution >= 4 is 42.6 Å². The van der Waals surface area contributed by atoms with E-state index in [2.05, 4.69) is 10.3 Å². The second kappa shape index (κ2) is 8.68. The van der Waals surface area contributed by atoms with Gasteiger partial charge < -0.3 is 9.47 Å². The molecular formula is C20H21N3O5S2. The van der Waals surface area contributed by atoms with Crippen molar-refractivity contribution in [3.63, 3.8) is 0 Å². The smallest absolute Gasteiger partial charge is 0.266 e. The van der Waals surface area contributed by atoms with Crippen LogP contribution < -0.4 is 10.1 Å². The maximum absolute atomic E-state index is 12.8. The molecule has 1 amide bonds. The van der Waals surface area contributed by atoms with Crippen LogP contribution >= 0.6 is 11.3 Å². The Morgan fingerprint density at radius 1 is 1.20 bits per heavy atom. The van der Waals surface area contributed by atoms with Crippen LogP contribution in [0.2, 0.25) is 0 Å². The van der Waals surface area contributed by atoms with Gasteiger partial charge in [-0.25, -0.2) is 13.4 Å². The summed E-state index contributed by atoms with van der Waals surface area (Å²) in [5.41, 5.74) is 0.618. The van der Waals surface area contributed by atoms with Gasteiger partial charge in [-0.05, 0) is 37.3 Å². The van der Waals surface area contributed by atoms with Crippen molar-refractivity contribution in [1.29, 1.82) is 0 Å². The normalized spacial score (nSPS) is 16.3. The van der Waals surface area contributed by atoms with E-state index in [0.717, 1.165) is 0 Å². The number of sulfonamides is 1. The SMILES string of the molecule is CC(Oc1ccccc1)C(=O)Nc1nc2ccc(S(=O)(=O)N3CCOCC3)cc2s1. The van der Waals surface area contributed by atoms with Gasteiger partial charge in [0.05, 0.1) is 28.3 Å². The molecule has 0 aliphatic carbocycles. The summed E-state index contributed by atoms with van der Waals surface area (Å²) in [6.45, 7) is 3.11. The number of nitrogens with one attached hydrogen (secondary N) is 1. The molecule has 2 aromatic carbocycles. The molecule has 1 atom stereocenters. The highest BCUT2D eigenvalue weighted by atomic mass is 32.2. The minimum absolute atomic E-state index is 0.208. The van der Waals surface area contributed by atoms with Crippen molar-refractivity contribution in [2.45, 2.75) is 17.9 Å². The lowest BCUT2D eigenvalue weighted by Gasteiger charge is -2.25. The highest BCUT2D eigenvalue weighted by Gasteiger charge is 2.27. The molecule has 1 aromatic heterocycles. The molecule has 158 valence electrons. The van der Waals surface area contributed by atoms with E-state index >= 15 is 0 Å². The van der Waals surface area contributed by atoms with Gasteiger partial charge in [0, 0.05) is 13.1 Å². The van der Waals surface area contributed by atoms with Gasteiger partial charge in [-0.3, -0.25) is 10.1 Å². The molecule has 1 aliphatic heterocycles.